The van der Waals surface area contributed by atoms with Gasteiger partial charge in [0.2, 0.25) is 0 Å². The Balaban J connectivity index is 1.80. The molecule has 1 N–H and O–H groups in total. The van der Waals surface area contributed by atoms with Gasteiger partial charge in [-0.15, -0.1) is 0 Å². The topological polar surface area (TPSA) is 59.8 Å². The standard InChI is InChI=1S/C22H18N4O/c1-16-9-5-6-12-18(16)21-19(22(27)24-20-13-7-8-14-23-20)15-26(25-21)17-10-3-2-4-11-17/h2-15H,1H3,(H,23,24,27). The molecule has 2 heterocycles. The van der Waals surface area contributed by atoms with Crippen LogP contribution in [0.3, 0.4) is 0 Å². The van der Waals surface area contributed by atoms with Gasteiger partial charge in [-0.3, -0.25) is 4.79 Å². The predicted octanol–water partition coefficient (Wildman–Crippen LogP) is 4.50. The highest BCUT2D eigenvalue weighted by Crippen LogP contribution is 2.27. The Bertz CT molecular complexity index is 1070. The second-order valence-corrected chi connectivity index (χ2v) is 6.16. The molecule has 5 nitrogen and oxygen atoms in total. The van der Waals surface area contributed by atoms with Gasteiger partial charge in [0.05, 0.1) is 11.3 Å². The van der Waals surface area contributed by atoms with Gasteiger partial charge < -0.3 is 5.32 Å². The molecule has 1 amide bonds. The number of benzene rings is 2. The van der Waals surface area contributed by atoms with Crippen LogP contribution >= 0.6 is 0 Å². The van der Waals surface area contributed by atoms with Gasteiger partial charge in [-0.05, 0) is 36.8 Å². The number of para-hydroxylation sites is 1. The maximum atomic E-state index is 13.0. The maximum absolute atomic E-state index is 13.0. The number of anilines is 1. The number of aryl methyl sites for hydroxylation is 1. The summed E-state index contributed by atoms with van der Waals surface area (Å²) in [6.07, 6.45) is 3.40. The van der Waals surface area contributed by atoms with Gasteiger partial charge in [-0.25, -0.2) is 9.67 Å². The molecule has 0 unspecified atom stereocenters. The maximum Gasteiger partial charge on any atom is 0.260 e. The van der Waals surface area contributed by atoms with Crippen LogP contribution < -0.4 is 5.32 Å². The summed E-state index contributed by atoms with van der Waals surface area (Å²) in [6, 6.07) is 23.0. The average molecular weight is 354 g/mol. The predicted molar refractivity (Wildman–Crippen MR) is 106 cm³/mol. The fourth-order valence-electron chi connectivity index (χ4n) is 2.91. The zero-order valence-corrected chi connectivity index (χ0v) is 14.8. The third-order valence-corrected chi connectivity index (χ3v) is 4.29. The smallest absolute Gasteiger partial charge is 0.260 e. The van der Waals surface area contributed by atoms with Crippen LogP contribution in [0, 0.1) is 6.92 Å². The van der Waals surface area contributed by atoms with Gasteiger partial charge in [0.1, 0.15) is 11.5 Å². The van der Waals surface area contributed by atoms with Crippen LogP contribution in [0.5, 0.6) is 0 Å². The lowest BCUT2D eigenvalue weighted by Crippen LogP contribution is -2.13. The molecule has 0 aliphatic carbocycles. The van der Waals surface area contributed by atoms with Crippen molar-refractivity contribution in [1.82, 2.24) is 14.8 Å². The van der Waals surface area contributed by atoms with Crippen LogP contribution in [-0.4, -0.2) is 20.7 Å². The van der Waals surface area contributed by atoms with Crippen molar-refractivity contribution in [3.05, 3.63) is 96.3 Å². The first-order valence-corrected chi connectivity index (χ1v) is 8.66. The first-order valence-electron chi connectivity index (χ1n) is 8.66. The van der Waals surface area contributed by atoms with E-state index in [2.05, 4.69) is 10.3 Å². The van der Waals surface area contributed by atoms with E-state index in [0.29, 0.717) is 17.1 Å². The number of pyridine rings is 1. The molecule has 132 valence electrons. The van der Waals surface area contributed by atoms with E-state index in [1.54, 1.807) is 23.1 Å². The molecule has 0 aliphatic rings. The average Bonchev–Trinajstić information content (AvgIpc) is 3.15. The summed E-state index contributed by atoms with van der Waals surface area (Å²) in [5, 5.41) is 7.56. The van der Waals surface area contributed by atoms with Crippen LogP contribution in [0.2, 0.25) is 0 Å². The molecule has 0 atom stereocenters. The molecule has 0 radical (unpaired) electrons. The summed E-state index contributed by atoms with van der Waals surface area (Å²) in [4.78, 5) is 17.1. The molecule has 0 aliphatic heterocycles. The van der Waals surface area contributed by atoms with E-state index in [4.69, 9.17) is 5.10 Å². The molecule has 27 heavy (non-hydrogen) atoms. The van der Waals surface area contributed by atoms with Crippen molar-refractivity contribution in [1.29, 1.82) is 0 Å². The Morgan fingerprint density at radius 3 is 2.41 bits per heavy atom. The number of rotatable bonds is 4. The Morgan fingerprint density at radius 2 is 1.67 bits per heavy atom. The lowest BCUT2D eigenvalue weighted by Gasteiger charge is -2.06. The fourth-order valence-corrected chi connectivity index (χ4v) is 2.91. The van der Waals surface area contributed by atoms with Crippen LogP contribution in [0.25, 0.3) is 16.9 Å². The minimum atomic E-state index is -0.242. The summed E-state index contributed by atoms with van der Waals surface area (Å²) in [7, 11) is 0. The molecule has 4 aromatic rings. The molecule has 0 spiro atoms. The number of hydrogen-bond acceptors (Lipinski definition) is 3. The summed E-state index contributed by atoms with van der Waals surface area (Å²) >= 11 is 0. The number of hydrogen-bond donors (Lipinski definition) is 1. The molecule has 5 heteroatoms. The first-order chi connectivity index (χ1) is 13.2. The van der Waals surface area contributed by atoms with E-state index >= 15 is 0 Å². The lowest BCUT2D eigenvalue weighted by molar-refractivity contribution is 0.102. The molecule has 0 saturated carbocycles. The quantitative estimate of drug-likeness (QED) is 0.587. The van der Waals surface area contributed by atoms with Gasteiger partial charge in [0.15, 0.2) is 0 Å². The summed E-state index contributed by atoms with van der Waals surface area (Å²) in [5.74, 6) is 0.264. The van der Waals surface area contributed by atoms with E-state index in [1.165, 1.54) is 0 Å². The van der Waals surface area contributed by atoms with Gasteiger partial charge >= 0.3 is 0 Å². The van der Waals surface area contributed by atoms with Crippen molar-refractivity contribution in [3.63, 3.8) is 0 Å². The van der Waals surface area contributed by atoms with Crippen molar-refractivity contribution >= 4 is 11.7 Å². The Hall–Kier alpha value is -3.73. The van der Waals surface area contributed by atoms with Crippen molar-refractivity contribution in [2.45, 2.75) is 6.92 Å². The molecule has 2 aromatic carbocycles. The van der Waals surface area contributed by atoms with Crippen LogP contribution in [-0.2, 0) is 0 Å². The Kier molecular flexibility index (Phi) is 4.49. The molecular formula is C22H18N4O. The van der Waals surface area contributed by atoms with Crippen molar-refractivity contribution in [2.75, 3.05) is 5.32 Å². The summed E-state index contributed by atoms with van der Waals surface area (Å²) < 4.78 is 1.73. The zero-order valence-electron chi connectivity index (χ0n) is 14.8. The molecular weight excluding hydrogens is 336 g/mol. The number of nitrogens with zero attached hydrogens (tertiary/aromatic N) is 3. The van der Waals surface area contributed by atoms with E-state index in [1.807, 2.05) is 73.7 Å². The van der Waals surface area contributed by atoms with E-state index < -0.39 is 0 Å². The van der Waals surface area contributed by atoms with Crippen LogP contribution in [0.1, 0.15) is 15.9 Å². The minimum Gasteiger partial charge on any atom is -0.306 e. The number of amides is 1. The second kappa shape index (κ2) is 7.25. The Morgan fingerprint density at radius 1 is 0.926 bits per heavy atom. The number of nitrogens with one attached hydrogen (secondary N) is 1. The minimum absolute atomic E-state index is 0.242. The highest BCUT2D eigenvalue weighted by atomic mass is 16.1. The monoisotopic (exact) mass is 354 g/mol. The molecule has 0 bridgehead atoms. The number of carbonyl (C=O) groups excluding carboxylic acids is 1. The largest absolute Gasteiger partial charge is 0.306 e. The van der Waals surface area contributed by atoms with E-state index in [-0.39, 0.29) is 5.91 Å². The van der Waals surface area contributed by atoms with Crippen molar-refractivity contribution in [2.24, 2.45) is 0 Å². The SMILES string of the molecule is Cc1ccccc1-c1nn(-c2ccccc2)cc1C(=O)Nc1ccccn1. The molecule has 4 rings (SSSR count). The number of carbonyl (C=O) groups is 1. The van der Waals surface area contributed by atoms with Crippen LogP contribution in [0.15, 0.2) is 85.2 Å². The Labute approximate surface area is 157 Å². The molecule has 0 saturated heterocycles. The second-order valence-electron chi connectivity index (χ2n) is 6.16. The first kappa shape index (κ1) is 16.7. The van der Waals surface area contributed by atoms with Crippen LogP contribution in [0.4, 0.5) is 5.82 Å². The highest BCUT2D eigenvalue weighted by molar-refractivity contribution is 6.07. The van der Waals surface area contributed by atoms with Gasteiger partial charge in [-0.1, -0.05) is 48.5 Å². The molecule has 2 aromatic heterocycles. The highest BCUT2D eigenvalue weighted by Gasteiger charge is 2.20. The number of aromatic nitrogens is 3. The van der Waals surface area contributed by atoms with Gasteiger partial charge in [0.25, 0.3) is 5.91 Å². The van der Waals surface area contributed by atoms with Crippen molar-refractivity contribution < 1.29 is 4.79 Å². The fraction of sp³-hybridized carbons (Fsp3) is 0.0455. The zero-order chi connectivity index (χ0) is 18.6. The lowest BCUT2D eigenvalue weighted by atomic mass is 10.0. The van der Waals surface area contributed by atoms with E-state index in [0.717, 1.165) is 16.8 Å². The van der Waals surface area contributed by atoms with Gasteiger partial charge in [-0.2, -0.15) is 5.10 Å². The van der Waals surface area contributed by atoms with Crippen molar-refractivity contribution in [3.8, 4) is 16.9 Å². The summed E-state index contributed by atoms with van der Waals surface area (Å²) in [6.45, 7) is 2.01. The van der Waals surface area contributed by atoms with E-state index in [9.17, 15) is 4.79 Å². The normalized spacial score (nSPS) is 10.6. The summed E-state index contributed by atoms with van der Waals surface area (Å²) in [5.41, 5.74) is 4.02. The molecule has 0 fully saturated rings. The third-order valence-electron chi connectivity index (χ3n) is 4.29. The van der Waals surface area contributed by atoms with Gasteiger partial charge in [0, 0.05) is 18.0 Å². The third kappa shape index (κ3) is 3.48.